The summed E-state index contributed by atoms with van der Waals surface area (Å²) < 4.78 is 33.2. The summed E-state index contributed by atoms with van der Waals surface area (Å²) in [6.45, 7) is 6.30. The minimum absolute atomic E-state index is 0.0331. The molecule has 212 valence electrons. The van der Waals surface area contributed by atoms with Crippen LogP contribution in [0.15, 0.2) is 54.9 Å². The SMILES string of the molecule is CC12CCC(C(S(=O)(=O)N[C@H](Cc3cccnc3)C(=O)O)C1=O)C2(C)C.CNCC(=O)OCc1ccccc1. The van der Waals surface area contributed by atoms with Crippen molar-refractivity contribution < 1.29 is 32.6 Å². The number of carboxylic acids is 1. The topological polar surface area (TPSA) is 152 Å². The number of benzene rings is 1. The first-order chi connectivity index (χ1) is 18.3. The second-order valence-corrected chi connectivity index (χ2v) is 12.6. The third kappa shape index (κ3) is 6.71. The quantitative estimate of drug-likeness (QED) is 0.373. The molecular formula is C28H37N3O7S. The highest BCUT2D eigenvalue weighted by Gasteiger charge is 2.69. The fourth-order valence-corrected chi connectivity index (χ4v) is 7.68. The number of sulfonamides is 1. The zero-order valence-electron chi connectivity index (χ0n) is 22.7. The molecule has 0 saturated heterocycles. The number of carboxylic acid groups (broad SMARTS) is 1. The van der Waals surface area contributed by atoms with E-state index in [1.54, 1.807) is 25.4 Å². The number of hydrogen-bond acceptors (Lipinski definition) is 8. The van der Waals surface area contributed by atoms with Crippen LogP contribution in [-0.4, -0.2) is 61.1 Å². The van der Waals surface area contributed by atoms with Crippen molar-refractivity contribution >= 4 is 27.7 Å². The fourth-order valence-electron chi connectivity index (χ4n) is 5.50. The molecule has 1 aromatic heterocycles. The van der Waals surface area contributed by atoms with E-state index in [-0.39, 0.29) is 30.6 Å². The lowest BCUT2D eigenvalue weighted by Crippen LogP contribution is -2.50. The van der Waals surface area contributed by atoms with Gasteiger partial charge in [-0.25, -0.2) is 8.42 Å². The van der Waals surface area contributed by atoms with Gasteiger partial charge in [-0.3, -0.25) is 19.4 Å². The summed E-state index contributed by atoms with van der Waals surface area (Å²) in [7, 11) is -2.40. The molecule has 0 aliphatic heterocycles. The summed E-state index contributed by atoms with van der Waals surface area (Å²) in [4.78, 5) is 39.3. The molecule has 3 unspecified atom stereocenters. The number of ketones is 1. The Balaban J connectivity index is 0.000000272. The van der Waals surface area contributed by atoms with Gasteiger partial charge in [0.1, 0.15) is 17.9 Å². The van der Waals surface area contributed by atoms with E-state index in [1.165, 1.54) is 6.20 Å². The van der Waals surface area contributed by atoms with E-state index >= 15 is 0 Å². The molecule has 3 N–H and O–H groups in total. The van der Waals surface area contributed by atoms with E-state index < -0.39 is 38.1 Å². The Morgan fingerprint density at radius 1 is 1.13 bits per heavy atom. The predicted octanol–water partition coefficient (Wildman–Crippen LogP) is 2.34. The maximum Gasteiger partial charge on any atom is 0.322 e. The predicted molar refractivity (Wildman–Crippen MR) is 145 cm³/mol. The second kappa shape index (κ2) is 12.4. The summed E-state index contributed by atoms with van der Waals surface area (Å²) in [5.74, 6) is -2.10. The summed E-state index contributed by atoms with van der Waals surface area (Å²) in [5.41, 5.74) is 0.506. The Hall–Kier alpha value is -3.15. The first-order valence-corrected chi connectivity index (χ1v) is 14.4. The van der Waals surface area contributed by atoms with Gasteiger partial charge in [0, 0.05) is 24.2 Å². The van der Waals surface area contributed by atoms with E-state index in [4.69, 9.17) is 4.74 Å². The Kier molecular flexibility index (Phi) is 9.63. The number of carbonyl (C=O) groups excluding carboxylic acids is 2. The third-order valence-corrected chi connectivity index (χ3v) is 9.96. The van der Waals surface area contributed by atoms with E-state index in [1.807, 2.05) is 51.1 Å². The van der Waals surface area contributed by atoms with Gasteiger partial charge in [0.15, 0.2) is 5.78 Å². The molecule has 2 fully saturated rings. The average molecular weight is 560 g/mol. The lowest BCUT2D eigenvalue weighted by atomic mass is 9.70. The zero-order chi connectivity index (χ0) is 28.8. The van der Waals surface area contributed by atoms with Crippen molar-refractivity contribution in [3.05, 3.63) is 66.0 Å². The van der Waals surface area contributed by atoms with Gasteiger partial charge < -0.3 is 15.2 Å². The number of esters is 1. The number of rotatable bonds is 10. The van der Waals surface area contributed by atoms with Crippen LogP contribution in [0, 0.1) is 16.7 Å². The van der Waals surface area contributed by atoms with Gasteiger partial charge >= 0.3 is 11.9 Å². The molecule has 2 saturated carbocycles. The molecule has 0 spiro atoms. The number of hydrogen-bond donors (Lipinski definition) is 3. The maximum absolute atomic E-state index is 13.0. The Morgan fingerprint density at radius 2 is 1.79 bits per heavy atom. The Bertz CT molecular complexity index is 1270. The Labute approximate surface area is 229 Å². The van der Waals surface area contributed by atoms with Gasteiger partial charge in [-0.05, 0) is 48.4 Å². The highest BCUT2D eigenvalue weighted by atomic mass is 32.2. The van der Waals surface area contributed by atoms with Gasteiger partial charge in [-0.1, -0.05) is 57.2 Å². The van der Waals surface area contributed by atoms with Crippen LogP contribution in [0.4, 0.5) is 0 Å². The Morgan fingerprint density at radius 3 is 2.33 bits per heavy atom. The third-order valence-electron chi connectivity index (χ3n) is 8.14. The van der Waals surface area contributed by atoms with Crippen molar-refractivity contribution in [1.29, 1.82) is 0 Å². The molecule has 0 amide bonds. The van der Waals surface area contributed by atoms with Crippen LogP contribution in [0.25, 0.3) is 0 Å². The number of likely N-dealkylation sites (N-methyl/N-ethyl adjacent to an activating group) is 1. The molecule has 1 aromatic carbocycles. The van der Waals surface area contributed by atoms with Gasteiger partial charge in [0.25, 0.3) is 0 Å². The molecule has 4 rings (SSSR count). The normalized spacial score (nSPS) is 23.9. The first kappa shape index (κ1) is 30.4. The average Bonchev–Trinajstić information content (AvgIpc) is 3.21. The largest absolute Gasteiger partial charge is 0.480 e. The highest BCUT2D eigenvalue weighted by molar-refractivity contribution is 7.91. The highest BCUT2D eigenvalue weighted by Crippen LogP contribution is 2.64. The molecule has 1 heterocycles. The number of aliphatic carboxylic acids is 1. The van der Waals surface area contributed by atoms with Crippen molar-refractivity contribution in [3.63, 3.8) is 0 Å². The molecule has 4 atom stereocenters. The summed E-state index contributed by atoms with van der Waals surface area (Å²) in [5, 5.41) is 11.0. The van der Waals surface area contributed by atoms with E-state index in [9.17, 15) is 27.9 Å². The molecule has 2 bridgehead atoms. The van der Waals surface area contributed by atoms with Crippen molar-refractivity contribution in [2.24, 2.45) is 16.7 Å². The zero-order valence-corrected chi connectivity index (χ0v) is 23.5. The van der Waals surface area contributed by atoms with Crippen molar-refractivity contribution in [2.45, 2.75) is 57.9 Å². The number of nitrogens with zero attached hydrogens (tertiary/aromatic N) is 1. The van der Waals surface area contributed by atoms with Gasteiger partial charge in [0.2, 0.25) is 10.0 Å². The molecular weight excluding hydrogens is 522 g/mol. The standard InChI is InChI=1S/C18H24N2O5S.C10H13NO2/c1-17(2)12-6-7-18(17,3)15(21)14(12)26(24,25)20-13(16(22)23)9-11-5-4-8-19-10-11;1-11-7-10(12)13-8-9-5-3-2-4-6-9/h4-5,8,10,12-14,20H,6-7,9H2,1-3H3,(H,22,23);2-6,11H,7-8H2,1H3/t12?,13-,14?,18?;/m1./s1. The number of nitrogens with one attached hydrogen (secondary N) is 2. The molecule has 39 heavy (non-hydrogen) atoms. The van der Waals surface area contributed by atoms with Crippen LogP contribution >= 0.6 is 0 Å². The van der Waals surface area contributed by atoms with Crippen LogP contribution in [0.2, 0.25) is 0 Å². The smallest absolute Gasteiger partial charge is 0.322 e. The lowest BCUT2D eigenvalue weighted by molar-refractivity contribution is -0.143. The first-order valence-electron chi connectivity index (χ1n) is 12.8. The van der Waals surface area contributed by atoms with Crippen molar-refractivity contribution in [1.82, 2.24) is 15.0 Å². The van der Waals surface area contributed by atoms with Crippen LogP contribution in [0.3, 0.4) is 0 Å². The number of aromatic nitrogens is 1. The number of carbonyl (C=O) groups is 3. The number of ether oxygens (including phenoxy) is 1. The second-order valence-electron chi connectivity index (χ2n) is 10.8. The fraction of sp³-hybridized carbons (Fsp3) is 0.500. The van der Waals surface area contributed by atoms with Crippen LogP contribution < -0.4 is 10.0 Å². The van der Waals surface area contributed by atoms with Crippen LogP contribution in [-0.2, 0) is 42.2 Å². The van der Waals surface area contributed by atoms with Crippen LogP contribution in [0.5, 0.6) is 0 Å². The van der Waals surface area contributed by atoms with Crippen molar-refractivity contribution in [3.8, 4) is 0 Å². The van der Waals surface area contributed by atoms with E-state index in [0.717, 1.165) is 5.56 Å². The number of pyridine rings is 1. The lowest BCUT2D eigenvalue weighted by Gasteiger charge is -2.32. The van der Waals surface area contributed by atoms with Gasteiger partial charge in [0.05, 0.1) is 6.54 Å². The molecule has 2 aliphatic carbocycles. The van der Waals surface area contributed by atoms with Gasteiger partial charge in [-0.15, -0.1) is 0 Å². The summed E-state index contributed by atoms with van der Waals surface area (Å²) in [6, 6.07) is 11.6. The number of fused-ring (bicyclic) bond motifs is 2. The van der Waals surface area contributed by atoms with Crippen molar-refractivity contribution in [2.75, 3.05) is 13.6 Å². The van der Waals surface area contributed by atoms with Gasteiger partial charge in [-0.2, -0.15) is 4.72 Å². The molecule has 2 aromatic rings. The van der Waals surface area contributed by atoms with E-state index in [0.29, 0.717) is 25.0 Å². The minimum atomic E-state index is -4.11. The summed E-state index contributed by atoms with van der Waals surface area (Å²) in [6.07, 6.45) is 4.35. The number of Topliss-reactive ketones (excluding diaryl/α,β-unsaturated/α-hetero) is 1. The monoisotopic (exact) mass is 559 g/mol. The molecule has 2 aliphatic rings. The maximum atomic E-state index is 13.0. The minimum Gasteiger partial charge on any atom is -0.480 e. The van der Waals surface area contributed by atoms with E-state index in [2.05, 4.69) is 15.0 Å². The summed E-state index contributed by atoms with van der Waals surface area (Å²) >= 11 is 0. The molecule has 10 nitrogen and oxygen atoms in total. The van der Waals surface area contributed by atoms with Crippen LogP contribution in [0.1, 0.15) is 44.7 Å². The molecule has 11 heteroatoms. The molecule has 0 radical (unpaired) electrons.